The number of nitrogens with two attached hydrogens (primary N) is 1. The van der Waals surface area contributed by atoms with Crippen molar-refractivity contribution in [1.29, 1.82) is 0 Å². The average Bonchev–Trinajstić information content (AvgIpc) is 2.73. The molecule has 0 fully saturated rings. The van der Waals surface area contributed by atoms with Gasteiger partial charge < -0.3 is 10.3 Å². The molecule has 0 saturated heterocycles. The molecule has 1 aromatic carbocycles. The van der Waals surface area contributed by atoms with E-state index in [9.17, 15) is 0 Å². The van der Waals surface area contributed by atoms with Gasteiger partial charge in [-0.25, -0.2) is 4.98 Å². The van der Waals surface area contributed by atoms with E-state index in [1.165, 1.54) is 0 Å². The largest absolute Gasteiger partial charge is 0.338 e. The van der Waals surface area contributed by atoms with E-state index >= 15 is 0 Å². The van der Waals surface area contributed by atoms with E-state index in [1.54, 1.807) is 6.20 Å². The smallest absolute Gasteiger partial charge is 0.108 e. The van der Waals surface area contributed by atoms with Crippen molar-refractivity contribution in [3.63, 3.8) is 0 Å². The molecule has 3 nitrogen and oxygen atoms in total. The van der Waals surface area contributed by atoms with Gasteiger partial charge in [0.15, 0.2) is 0 Å². The van der Waals surface area contributed by atoms with E-state index in [0.29, 0.717) is 0 Å². The summed E-state index contributed by atoms with van der Waals surface area (Å²) in [6.45, 7) is 2.01. The number of halogens is 1. The van der Waals surface area contributed by atoms with Gasteiger partial charge in [-0.15, -0.1) is 0 Å². The molecule has 0 saturated carbocycles. The number of nitrogens with zero attached hydrogens (tertiary/aromatic N) is 2. The molecule has 2 N–H and O–H groups in total. The molecule has 0 bridgehead atoms. The molecule has 1 unspecified atom stereocenters. The maximum atomic E-state index is 6.38. The van der Waals surface area contributed by atoms with Crippen LogP contribution in [0, 0.1) is 0 Å². The molecule has 2 rings (SSSR count). The molecule has 96 valence electrons. The highest BCUT2D eigenvalue weighted by Crippen LogP contribution is 2.29. The van der Waals surface area contributed by atoms with Gasteiger partial charge in [0.05, 0.1) is 0 Å². The van der Waals surface area contributed by atoms with Gasteiger partial charge in [-0.05, 0) is 25.0 Å². The number of benzene rings is 1. The van der Waals surface area contributed by atoms with Gasteiger partial charge in [0.25, 0.3) is 0 Å². The molecule has 1 atom stereocenters. The van der Waals surface area contributed by atoms with E-state index in [-0.39, 0.29) is 0 Å². The summed E-state index contributed by atoms with van der Waals surface area (Å²) in [7, 11) is 1.99. The van der Waals surface area contributed by atoms with Gasteiger partial charge in [-0.1, -0.05) is 29.8 Å². The molecule has 0 spiro atoms. The first-order valence-corrected chi connectivity index (χ1v) is 6.38. The van der Waals surface area contributed by atoms with Crippen molar-refractivity contribution >= 4 is 11.6 Å². The predicted molar refractivity (Wildman–Crippen MR) is 74.5 cm³/mol. The van der Waals surface area contributed by atoms with Crippen LogP contribution < -0.4 is 5.73 Å². The standard InChI is InChI=1S/C14H18ClN3/c1-14(16,11-5-3-4-6-12(11)15)8-7-13-17-9-10-18(13)2/h3-6,9-10H,7-8,16H2,1-2H3. The lowest BCUT2D eigenvalue weighted by Gasteiger charge is -2.26. The van der Waals surface area contributed by atoms with Crippen molar-refractivity contribution in [3.8, 4) is 0 Å². The highest BCUT2D eigenvalue weighted by Gasteiger charge is 2.23. The molecule has 1 heterocycles. The van der Waals surface area contributed by atoms with Crippen LogP contribution in [-0.2, 0) is 19.0 Å². The summed E-state index contributed by atoms with van der Waals surface area (Å²) in [5, 5.41) is 0.724. The lowest BCUT2D eigenvalue weighted by Crippen LogP contribution is -2.34. The third-order valence-corrected chi connectivity index (χ3v) is 3.61. The lowest BCUT2D eigenvalue weighted by molar-refractivity contribution is 0.445. The zero-order valence-electron chi connectivity index (χ0n) is 10.7. The zero-order valence-corrected chi connectivity index (χ0v) is 11.5. The SMILES string of the molecule is Cn1ccnc1CCC(C)(N)c1ccccc1Cl. The maximum absolute atomic E-state index is 6.38. The first-order chi connectivity index (χ1) is 8.50. The van der Waals surface area contributed by atoms with Gasteiger partial charge in [0.2, 0.25) is 0 Å². The fourth-order valence-electron chi connectivity index (χ4n) is 2.07. The van der Waals surface area contributed by atoms with Crippen LogP contribution in [-0.4, -0.2) is 9.55 Å². The van der Waals surface area contributed by atoms with Gasteiger partial charge in [-0.3, -0.25) is 0 Å². The van der Waals surface area contributed by atoms with Crippen molar-refractivity contribution in [1.82, 2.24) is 9.55 Å². The van der Waals surface area contributed by atoms with Crippen molar-refractivity contribution in [2.75, 3.05) is 0 Å². The van der Waals surface area contributed by atoms with Crippen LogP contribution in [0.3, 0.4) is 0 Å². The number of hydrogen-bond donors (Lipinski definition) is 1. The number of imidazole rings is 1. The predicted octanol–water partition coefficient (Wildman–Crippen LogP) is 2.88. The topological polar surface area (TPSA) is 43.8 Å². The Labute approximate surface area is 113 Å². The highest BCUT2D eigenvalue weighted by molar-refractivity contribution is 6.31. The van der Waals surface area contributed by atoms with Crippen LogP contribution >= 0.6 is 11.6 Å². The highest BCUT2D eigenvalue weighted by atomic mass is 35.5. The molecule has 0 aliphatic heterocycles. The van der Waals surface area contributed by atoms with E-state index in [1.807, 2.05) is 49.0 Å². The number of aromatic nitrogens is 2. The second-order valence-corrected chi connectivity index (χ2v) is 5.26. The van der Waals surface area contributed by atoms with E-state index in [2.05, 4.69) is 4.98 Å². The van der Waals surface area contributed by atoms with Crippen molar-refractivity contribution < 1.29 is 0 Å². The monoisotopic (exact) mass is 263 g/mol. The summed E-state index contributed by atoms with van der Waals surface area (Å²) in [5.74, 6) is 1.04. The molecule has 0 radical (unpaired) electrons. The maximum Gasteiger partial charge on any atom is 0.108 e. The van der Waals surface area contributed by atoms with Crippen LogP contribution in [0.1, 0.15) is 24.7 Å². The Morgan fingerprint density at radius 3 is 2.72 bits per heavy atom. The minimum Gasteiger partial charge on any atom is -0.338 e. The molecule has 2 aromatic rings. The molecular formula is C14H18ClN3. The van der Waals surface area contributed by atoms with Crippen molar-refractivity contribution in [2.45, 2.75) is 25.3 Å². The summed E-state index contributed by atoms with van der Waals surface area (Å²) in [6.07, 6.45) is 5.39. The van der Waals surface area contributed by atoms with Crippen LogP contribution in [0.15, 0.2) is 36.7 Å². The summed E-state index contributed by atoms with van der Waals surface area (Å²) in [4.78, 5) is 4.31. The molecule has 18 heavy (non-hydrogen) atoms. The molecule has 0 amide bonds. The second kappa shape index (κ2) is 5.12. The minimum absolute atomic E-state index is 0.440. The van der Waals surface area contributed by atoms with E-state index < -0.39 is 5.54 Å². The second-order valence-electron chi connectivity index (χ2n) is 4.85. The molecule has 0 aliphatic carbocycles. The Hall–Kier alpha value is -1.32. The fraction of sp³-hybridized carbons (Fsp3) is 0.357. The van der Waals surface area contributed by atoms with Crippen LogP contribution in [0.25, 0.3) is 0 Å². The summed E-state index contributed by atoms with van der Waals surface area (Å²) in [6, 6.07) is 7.75. The number of aryl methyl sites for hydroxylation is 2. The first-order valence-electron chi connectivity index (χ1n) is 6.01. The Kier molecular flexibility index (Phi) is 3.73. The third kappa shape index (κ3) is 2.74. The van der Waals surface area contributed by atoms with Gasteiger partial charge >= 0.3 is 0 Å². The number of rotatable bonds is 4. The van der Waals surface area contributed by atoms with Crippen molar-refractivity contribution in [2.24, 2.45) is 12.8 Å². The van der Waals surface area contributed by atoms with Crippen LogP contribution in [0.5, 0.6) is 0 Å². The van der Waals surface area contributed by atoms with Crippen molar-refractivity contribution in [3.05, 3.63) is 53.1 Å². The lowest BCUT2D eigenvalue weighted by atomic mass is 9.88. The Bertz CT molecular complexity index is 531. The number of hydrogen-bond acceptors (Lipinski definition) is 2. The van der Waals surface area contributed by atoms with Crippen LogP contribution in [0.4, 0.5) is 0 Å². The molecule has 4 heteroatoms. The van der Waals surface area contributed by atoms with E-state index in [4.69, 9.17) is 17.3 Å². The summed E-state index contributed by atoms with van der Waals surface area (Å²) >= 11 is 6.20. The van der Waals surface area contributed by atoms with Gasteiger partial charge in [-0.2, -0.15) is 0 Å². The van der Waals surface area contributed by atoms with E-state index in [0.717, 1.165) is 29.3 Å². The average molecular weight is 264 g/mol. The molecular weight excluding hydrogens is 246 g/mol. The third-order valence-electron chi connectivity index (χ3n) is 3.28. The minimum atomic E-state index is -0.440. The quantitative estimate of drug-likeness (QED) is 0.922. The van der Waals surface area contributed by atoms with Crippen LogP contribution in [0.2, 0.25) is 5.02 Å². The molecule has 0 aliphatic rings. The zero-order chi connectivity index (χ0) is 13.2. The first kappa shape index (κ1) is 13.1. The molecule has 1 aromatic heterocycles. The fourth-order valence-corrected chi connectivity index (χ4v) is 2.42. The Morgan fingerprint density at radius 2 is 2.11 bits per heavy atom. The normalized spacial score (nSPS) is 14.4. The summed E-state index contributed by atoms with van der Waals surface area (Å²) < 4.78 is 2.02. The van der Waals surface area contributed by atoms with Gasteiger partial charge in [0, 0.05) is 36.4 Å². The summed E-state index contributed by atoms with van der Waals surface area (Å²) in [5.41, 5.74) is 6.93. The Morgan fingerprint density at radius 1 is 1.39 bits per heavy atom. The van der Waals surface area contributed by atoms with Gasteiger partial charge in [0.1, 0.15) is 5.82 Å². The Balaban J connectivity index is 2.13.